The Labute approximate surface area is 151 Å². The summed E-state index contributed by atoms with van der Waals surface area (Å²) in [6, 6.07) is 8.00. The molecule has 0 aliphatic carbocycles. The molecular weight excluding hydrogens is 338 g/mol. The molecule has 0 amide bonds. The van der Waals surface area contributed by atoms with E-state index in [9.17, 15) is 8.42 Å². The lowest BCUT2D eigenvalue weighted by Crippen LogP contribution is -2.47. The van der Waals surface area contributed by atoms with Crippen LogP contribution in [-0.4, -0.2) is 52.1 Å². The van der Waals surface area contributed by atoms with Crippen molar-refractivity contribution >= 4 is 15.9 Å². The summed E-state index contributed by atoms with van der Waals surface area (Å²) in [4.78, 5) is 2.26. The quantitative estimate of drug-likeness (QED) is 0.863. The molecule has 0 unspecified atom stereocenters. The van der Waals surface area contributed by atoms with Gasteiger partial charge in [0.25, 0.3) is 10.2 Å². The molecule has 0 bridgehead atoms. The van der Waals surface area contributed by atoms with Crippen LogP contribution in [0.25, 0.3) is 0 Å². The van der Waals surface area contributed by atoms with Crippen LogP contribution in [0.3, 0.4) is 0 Å². The Morgan fingerprint density at radius 2 is 1.76 bits per heavy atom. The molecule has 0 aromatic heterocycles. The van der Waals surface area contributed by atoms with Crippen LogP contribution in [-0.2, 0) is 21.5 Å². The van der Waals surface area contributed by atoms with Gasteiger partial charge in [0.2, 0.25) is 0 Å². The number of nitrogens with one attached hydrogen (secondary N) is 1. The lowest BCUT2D eigenvalue weighted by atomic mass is 9.94. The molecule has 3 rings (SSSR count). The molecule has 1 aromatic carbocycles. The number of ether oxygens (including phenoxy) is 1. The average Bonchev–Trinajstić information content (AvgIpc) is 2.60. The van der Waals surface area contributed by atoms with Crippen LogP contribution in [0.4, 0.5) is 5.69 Å². The number of hydrogen-bond acceptors (Lipinski definition) is 4. The maximum Gasteiger partial charge on any atom is 0.279 e. The highest BCUT2D eigenvalue weighted by Gasteiger charge is 2.30. The van der Waals surface area contributed by atoms with Crippen molar-refractivity contribution in [3.05, 3.63) is 29.8 Å². The SMILES string of the molecule is C[C@H]1C[C@H](C)CN(S(=O)(=O)NCc2ccccc2N2CCOCC2)C1. The van der Waals surface area contributed by atoms with Crippen molar-refractivity contribution in [2.24, 2.45) is 11.8 Å². The van der Waals surface area contributed by atoms with E-state index in [4.69, 9.17) is 4.74 Å². The first kappa shape index (κ1) is 18.6. The summed E-state index contributed by atoms with van der Waals surface area (Å²) < 4.78 is 35.3. The highest BCUT2D eigenvalue weighted by atomic mass is 32.2. The monoisotopic (exact) mass is 367 g/mol. The zero-order valence-corrected chi connectivity index (χ0v) is 16.0. The Bertz CT molecular complexity index is 664. The Balaban J connectivity index is 1.68. The van der Waals surface area contributed by atoms with Crippen molar-refractivity contribution < 1.29 is 13.2 Å². The van der Waals surface area contributed by atoms with Gasteiger partial charge in [-0.3, -0.25) is 0 Å². The van der Waals surface area contributed by atoms with Crippen molar-refractivity contribution in [1.29, 1.82) is 0 Å². The van der Waals surface area contributed by atoms with Gasteiger partial charge in [-0.25, -0.2) is 0 Å². The molecule has 25 heavy (non-hydrogen) atoms. The van der Waals surface area contributed by atoms with E-state index in [1.165, 1.54) is 0 Å². The maximum absolute atomic E-state index is 12.7. The minimum absolute atomic E-state index is 0.315. The smallest absolute Gasteiger partial charge is 0.279 e. The number of hydrogen-bond donors (Lipinski definition) is 1. The fraction of sp³-hybridized carbons (Fsp3) is 0.667. The molecule has 1 aromatic rings. The summed E-state index contributed by atoms with van der Waals surface area (Å²) in [5, 5.41) is 0. The predicted octanol–water partition coefficient (Wildman–Crippen LogP) is 1.84. The Kier molecular flexibility index (Phi) is 5.99. The van der Waals surface area contributed by atoms with Crippen molar-refractivity contribution in [2.45, 2.75) is 26.8 Å². The van der Waals surface area contributed by atoms with Gasteiger partial charge < -0.3 is 9.64 Å². The third-order valence-corrected chi connectivity index (χ3v) is 6.45. The predicted molar refractivity (Wildman–Crippen MR) is 99.8 cm³/mol. The Morgan fingerprint density at radius 1 is 1.12 bits per heavy atom. The molecule has 7 heteroatoms. The van der Waals surface area contributed by atoms with Gasteiger partial charge in [-0.05, 0) is 29.9 Å². The van der Waals surface area contributed by atoms with E-state index in [2.05, 4.69) is 29.5 Å². The van der Waals surface area contributed by atoms with E-state index in [1.807, 2.05) is 18.2 Å². The van der Waals surface area contributed by atoms with Gasteiger partial charge in [-0.1, -0.05) is 32.0 Å². The highest BCUT2D eigenvalue weighted by molar-refractivity contribution is 7.87. The number of benzene rings is 1. The van der Waals surface area contributed by atoms with E-state index in [0.717, 1.165) is 30.8 Å². The van der Waals surface area contributed by atoms with Crippen LogP contribution in [0, 0.1) is 11.8 Å². The second kappa shape index (κ2) is 8.03. The van der Waals surface area contributed by atoms with Crippen LogP contribution >= 0.6 is 0 Å². The van der Waals surface area contributed by atoms with E-state index >= 15 is 0 Å². The molecule has 140 valence electrons. The first-order chi connectivity index (χ1) is 12.0. The van der Waals surface area contributed by atoms with Crippen LogP contribution in [0.2, 0.25) is 0 Å². The molecule has 6 nitrogen and oxygen atoms in total. The molecule has 2 aliphatic heterocycles. The zero-order valence-electron chi connectivity index (χ0n) is 15.1. The second-order valence-corrected chi connectivity index (χ2v) is 9.07. The van der Waals surface area contributed by atoms with Gasteiger partial charge in [0.1, 0.15) is 0 Å². The van der Waals surface area contributed by atoms with Crippen LogP contribution in [0.15, 0.2) is 24.3 Å². The van der Waals surface area contributed by atoms with Crippen molar-refractivity contribution in [3.63, 3.8) is 0 Å². The van der Waals surface area contributed by atoms with E-state index in [1.54, 1.807) is 4.31 Å². The van der Waals surface area contributed by atoms with Crippen molar-refractivity contribution in [3.8, 4) is 0 Å². The number of anilines is 1. The molecule has 2 saturated heterocycles. The van der Waals surface area contributed by atoms with E-state index < -0.39 is 10.2 Å². The van der Waals surface area contributed by atoms with Crippen LogP contribution < -0.4 is 9.62 Å². The number of nitrogens with zero attached hydrogens (tertiary/aromatic N) is 2. The average molecular weight is 368 g/mol. The normalized spacial score (nSPS) is 25.9. The molecule has 0 radical (unpaired) electrons. The van der Waals surface area contributed by atoms with Gasteiger partial charge >= 0.3 is 0 Å². The van der Waals surface area contributed by atoms with Crippen molar-refractivity contribution in [2.75, 3.05) is 44.3 Å². The lowest BCUT2D eigenvalue weighted by Gasteiger charge is -2.34. The summed E-state index contributed by atoms with van der Waals surface area (Å²) in [6.07, 6.45) is 1.09. The summed E-state index contributed by atoms with van der Waals surface area (Å²) in [5.41, 5.74) is 2.10. The lowest BCUT2D eigenvalue weighted by molar-refractivity contribution is 0.122. The third kappa shape index (κ3) is 4.73. The summed E-state index contributed by atoms with van der Waals surface area (Å²) >= 11 is 0. The van der Waals surface area contributed by atoms with E-state index in [0.29, 0.717) is 44.7 Å². The molecule has 2 heterocycles. The minimum atomic E-state index is -3.45. The molecule has 2 atom stereocenters. The van der Waals surface area contributed by atoms with Crippen LogP contribution in [0.5, 0.6) is 0 Å². The Morgan fingerprint density at radius 3 is 2.44 bits per heavy atom. The molecule has 1 N–H and O–H groups in total. The molecule has 2 aliphatic rings. The first-order valence-corrected chi connectivity index (χ1v) is 10.5. The number of para-hydroxylation sites is 1. The van der Waals surface area contributed by atoms with Gasteiger partial charge in [0, 0.05) is 38.4 Å². The summed E-state index contributed by atoms with van der Waals surface area (Å²) in [7, 11) is -3.45. The van der Waals surface area contributed by atoms with Crippen molar-refractivity contribution in [1.82, 2.24) is 9.03 Å². The number of morpholine rings is 1. The zero-order chi connectivity index (χ0) is 17.9. The standard InChI is InChI=1S/C18H29N3O3S/c1-15-11-16(2)14-21(13-15)25(22,23)19-12-17-5-3-4-6-18(17)20-7-9-24-10-8-20/h3-6,15-16,19H,7-14H2,1-2H3/t15-,16-/m0/s1. The number of rotatable bonds is 5. The highest BCUT2D eigenvalue weighted by Crippen LogP contribution is 2.24. The molecule has 2 fully saturated rings. The molecule has 0 spiro atoms. The minimum Gasteiger partial charge on any atom is -0.378 e. The molecule has 0 saturated carbocycles. The summed E-state index contributed by atoms with van der Waals surface area (Å²) in [6.45, 7) is 8.85. The fourth-order valence-electron chi connectivity index (χ4n) is 3.84. The second-order valence-electron chi connectivity index (χ2n) is 7.32. The third-order valence-electron chi connectivity index (χ3n) is 4.96. The maximum atomic E-state index is 12.7. The number of piperidine rings is 1. The van der Waals surface area contributed by atoms with Gasteiger partial charge in [-0.15, -0.1) is 0 Å². The first-order valence-electron chi connectivity index (χ1n) is 9.11. The van der Waals surface area contributed by atoms with Crippen LogP contribution in [0.1, 0.15) is 25.8 Å². The van der Waals surface area contributed by atoms with Gasteiger partial charge in [-0.2, -0.15) is 17.4 Å². The van der Waals surface area contributed by atoms with Gasteiger partial charge in [0.15, 0.2) is 0 Å². The molecular formula is C18H29N3O3S. The Hall–Kier alpha value is -1.15. The summed E-state index contributed by atoms with van der Waals surface area (Å²) in [5.74, 6) is 0.807. The van der Waals surface area contributed by atoms with E-state index in [-0.39, 0.29) is 0 Å². The topological polar surface area (TPSA) is 61.9 Å². The largest absolute Gasteiger partial charge is 0.378 e. The van der Waals surface area contributed by atoms with Gasteiger partial charge in [0.05, 0.1) is 13.2 Å². The fourth-order valence-corrected chi connectivity index (χ4v) is 5.26.